The zero-order chi connectivity index (χ0) is 17.0. The van der Waals surface area contributed by atoms with Gasteiger partial charge in [-0.15, -0.1) is 0 Å². The van der Waals surface area contributed by atoms with Crippen LogP contribution in [0.25, 0.3) is 0 Å². The number of aryl methyl sites for hydroxylation is 1. The molecule has 24 heavy (non-hydrogen) atoms. The third-order valence-electron chi connectivity index (χ3n) is 4.87. The predicted molar refractivity (Wildman–Crippen MR) is 92.8 cm³/mol. The standard InChI is InChI=1S/C16H19N5O2S/c1-10-7-12-8-14(21(22)23)5-6-15(12)18(10)9-19-16(24)20(11(2)17-19)13-3-4-13/h5-6,8,10,13H,3-4,7,9H2,1-2H3. The number of nitro benzene ring substituents is 1. The number of fused-ring (bicyclic) bond motifs is 1. The Balaban J connectivity index is 1.66. The third-order valence-corrected chi connectivity index (χ3v) is 5.28. The second kappa shape index (κ2) is 5.41. The van der Waals surface area contributed by atoms with E-state index in [0.717, 1.165) is 28.3 Å². The monoisotopic (exact) mass is 345 g/mol. The van der Waals surface area contributed by atoms with Crippen LogP contribution in [0.15, 0.2) is 18.2 Å². The number of hydrogen-bond donors (Lipinski definition) is 0. The molecular weight excluding hydrogens is 326 g/mol. The van der Waals surface area contributed by atoms with Gasteiger partial charge in [0.25, 0.3) is 5.69 Å². The van der Waals surface area contributed by atoms with Crippen molar-refractivity contribution in [1.29, 1.82) is 0 Å². The fourth-order valence-electron chi connectivity index (χ4n) is 3.53. The van der Waals surface area contributed by atoms with Gasteiger partial charge in [-0.05, 0) is 57.0 Å². The van der Waals surface area contributed by atoms with Crippen LogP contribution in [0.3, 0.4) is 0 Å². The van der Waals surface area contributed by atoms with E-state index in [1.54, 1.807) is 12.1 Å². The molecule has 126 valence electrons. The first-order chi connectivity index (χ1) is 11.5. The van der Waals surface area contributed by atoms with Crippen LogP contribution in [-0.2, 0) is 13.1 Å². The number of rotatable bonds is 4. The Bertz CT molecular complexity index is 883. The van der Waals surface area contributed by atoms with E-state index in [4.69, 9.17) is 12.2 Å². The van der Waals surface area contributed by atoms with Crippen molar-refractivity contribution < 1.29 is 4.92 Å². The van der Waals surface area contributed by atoms with Gasteiger partial charge in [-0.2, -0.15) is 5.10 Å². The Morgan fingerprint density at radius 1 is 1.42 bits per heavy atom. The number of anilines is 1. The van der Waals surface area contributed by atoms with E-state index in [1.165, 1.54) is 12.8 Å². The molecule has 1 unspecified atom stereocenters. The van der Waals surface area contributed by atoms with Crippen LogP contribution in [0.1, 0.15) is 37.2 Å². The highest BCUT2D eigenvalue weighted by atomic mass is 32.1. The summed E-state index contributed by atoms with van der Waals surface area (Å²) in [5, 5.41) is 15.6. The molecule has 2 aliphatic rings. The van der Waals surface area contributed by atoms with Gasteiger partial charge in [0.05, 0.1) is 4.92 Å². The average Bonchev–Trinajstić information content (AvgIpc) is 3.25. The summed E-state index contributed by atoms with van der Waals surface area (Å²) in [5.41, 5.74) is 2.20. The predicted octanol–water partition coefficient (Wildman–Crippen LogP) is 3.37. The lowest BCUT2D eigenvalue weighted by molar-refractivity contribution is -0.384. The van der Waals surface area contributed by atoms with Crippen LogP contribution in [-0.4, -0.2) is 25.3 Å². The van der Waals surface area contributed by atoms with E-state index < -0.39 is 0 Å². The molecule has 1 aliphatic heterocycles. The average molecular weight is 345 g/mol. The lowest BCUT2D eigenvalue weighted by Gasteiger charge is -2.24. The Labute approximate surface area is 144 Å². The van der Waals surface area contributed by atoms with Gasteiger partial charge in [-0.25, -0.2) is 4.68 Å². The van der Waals surface area contributed by atoms with Crippen molar-refractivity contribution in [3.8, 4) is 0 Å². The van der Waals surface area contributed by atoms with Gasteiger partial charge >= 0.3 is 0 Å². The molecule has 0 amide bonds. The first-order valence-corrected chi connectivity index (χ1v) is 8.56. The number of aromatic nitrogens is 3. The summed E-state index contributed by atoms with van der Waals surface area (Å²) in [7, 11) is 0. The van der Waals surface area contributed by atoms with Gasteiger partial charge in [-0.3, -0.25) is 10.1 Å². The summed E-state index contributed by atoms with van der Waals surface area (Å²) >= 11 is 5.60. The van der Waals surface area contributed by atoms with Crippen molar-refractivity contribution in [2.75, 3.05) is 4.90 Å². The van der Waals surface area contributed by atoms with E-state index in [2.05, 4.69) is 21.5 Å². The molecule has 1 aliphatic carbocycles. The zero-order valence-corrected chi connectivity index (χ0v) is 14.5. The fraction of sp³-hybridized carbons (Fsp3) is 0.500. The summed E-state index contributed by atoms with van der Waals surface area (Å²) in [6.07, 6.45) is 3.15. The summed E-state index contributed by atoms with van der Waals surface area (Å²) < 4.78 is 4.78. The van der Waals surface area contributed by atoms with E-state index in [9.17, 15) is 10.1 Å². The van der Waals surface area contributed by atoms with Crippen molar-refractivity contribution in [2.24, 2.45) is 0 Å². The molecule has 0 spiro atoms. The van der Waals surface area contributed by atoms with Crippen LogP contribution in [0.2, 0.25) is 0 Å². The van der Waals surface area contributed by atoms with Gasteiger partial charge in [0.15, 0.2) is 4.77 Å². The van der Waals surface area contributed by atoms with Crippen molar-refractivity contribution in [3.63, 3.8) is 0 Å². The van der Waals surface area contributed by atoms with E-state index in [-0.39, 0.29) is 16.7 Å². The lowest BCUT2D eigenvalue weighted by atomic mass is 10.1. The Morgan fingerprint density at radius 3 is 2.83 bits per heavy atom. The molecule has 1 aromatic carbocycles. The number of hydrogen-bond acceptors (Lipinski definition) is 5. The Morgan fingerprint density at radius 2 is 2.17 bits per heavy atom. The van der Waals surface area contributed by atoms with Crippen molar-refractivity contribution >= 4 is 23.6 Å². The Hall–Kier alpha value is -2.22. The van der Waals surface area contributed by atoms with Gasteiger partial charge in [0.2, 0.25) is 0 Å². The number of benzene rings is 1. The highest BCUT2D eigenvalue weighted by Crippen LogP contribution is 2.37. The second-order valence-corrected chi connectivity index (χ2v) is 7.03. The SMILES string of the molecule is Cc1nn(CN2c3ccc([N+](=O)[O-])cc3CC2C)c(=S)n1C1CC1. The largest absolute Gasteiger partial charge is 0.349 e. The molecule has 4 rings (SSSR count). The van der Waals surface area contributed by atoms with E-state index >= 15 is 0 Å². The topological polar surface area (TPSA) is 69.1 Å². The minimum atomic E-state index is -0.343. The maximum atomic E-state index is 11.0. The van der Waals surface area contributed by atoms with Crippen LogP contribution >= 0.6 is 12.2 Å². The molecule has 1 saturated carbocycles. The highest BCUT2D eigenvalue weighted by Gasteiger charge is 2.30. The molecule has 0 N–H and O–H groups in total. The summed E-state index contributed by atoms with van der Waals surface area (Å²) in [4.78, 5) is 12.8. The van der Waals surface area contributed by atoms with Gasteiger partial charge in [0, 0.05) is 29.9 Å². The number of nitrogens with zero attached hydrogens (tertiary/aromatic N) is 5. The van der Waals surface area contributed by atoms with Gasteiger partial charge in [-0.1, -0.05) is 0 Å². The minimum absolute atomic E-state index is 0.147. The molecule has 0 radical (unpaired) electrons. The molecule has 1 aromatic heterocycles. The third kappa shape index (κ3) is 2.41. The van der Waals surface area contributed by atoms with Crippen molar-refractivity contribution in [1.82, 2.24) is 14.3 Å². The van der Waals surface area contributed by atoms with Crippen molar-refractivity contribution in [3.05, 3.63) is 44.5 Å². The molecule has 1 fully saturated rings. The highest BCUT2D eigenvalue weighted by molar-refractivity contribution is 7.71. The summed E-state index contributed by atoms with van der Waals surface area (Å²) in [5.74, 6) is 0.957. The molecule has 2 aromatic rings. The molecule has 7 nitrogen and oxygen atoms in total. The summed E-state index contributed by atoms with van der Waals surface area (Å²) in [6.45, 7) is 4.70. The Kier molecular flexibility index (Phi) is 3.45. The second-order valence-electron chi connectivity index (χ2n) is 6.66. The summed E-state index contributed by atoms with van der Waals surface area (Å²) in [6, 6.07) is 5.86. The molecule has 2 heterocycles. The lowest BCUT2D eigenvalue weighted by Crippen LogP contribution is -2.32. The first-order valence-electron chi connectivity index (χ1n) is 8.15. The van der Waals surface area contributed by atoms with Crippen LogP contribution < -0.4 is 4.90 Å². The smallest absolute Gasteiger partial charge is 0.269 e. The zero-order valence-electron chi connectivity index (χ0n) is 13.7. The molecule has 1 atom stereocenters. The van der Waals surface area contributed by atoms with Crippen LogP contribution in [0, 0.1) is 21.8 Å². The van der Waals surface area contributed by atoms with E-state index in [1.807, 2.05) is 17.7 Å². The van der Waals surface area contributed by atoms with Crippen LogP contribution in [0.4, 0.5) is 11.4 Å². The van der Waals surface area contributed by atoms with Crippen LogP contribution in [0.5, 0.6) is 0 Å². The van der Waals surface area contributed by atoms with Gasteiger partial charge < -0.3 is 9.47 Å². The fourth-order valence-corrected chi connectivity index (χ4v) is 3.91. The maximum absolute atomic E-state index is 11.0. The van der Waals surface area contributed by atoms with E-state index in [0.29, 0.717) is 12.7 Å². The quantitative estimate of drug-likeness (QED) is 0.483. The first kappa shape index (κ1) is 15.3. The maximum Gasteiger partial charge on any atom is 0.269 e. The van der Waals surface area contributed by atoms with Crippen molar-refractivity contribution in [2.45, 2.75) is 51.9 Å². The molecular formula is C16H19N5O2S. The minimum Gasteiger partial charge on any atom is -0.349 e. The number of non-ortho nitro benzene ring substituents is 1. The molecule has 8 heteroatoms. The number of nitro groups is 1. The molecule has 0 bridgehead atoms. The molecule has 0 saturated heterocycles. The van der Waals surface area contributed by atoms with Gasteiger partial charge in [0.1, 0.15) is 12.5 Å². The normalized spacial score (nSPS) is 19.6.